The maximum absolute atomic E-state index is 12.6. The molecular formula is C21H22N2O6. The van der Waals surface area contributed by atoms with Crippen molar-refractivity contribution in [1.29, 1.82) is 5.26 Å². The Kier molecular flexibility index (Phi) is 7.43. The van der Waals surface area contributed by atoms with Crippen molar-refractivity contribution in [2.45, 2.75) is 19.6 Å². The zero-order valence-electron chi connectivity index (χ0n) is 16.6. The van der Waals surface area contributed by atoms with Crippen molar-refractivity contribution in [2.75, 3.05) is 21.3 Å². The molecule has 0 aliphatic rings. The van der Waals surface area contributed by atoms with Gasteiger partial charge in [0.1, 0.15) is 12.6 Å². The molecule has 0 radical (unpaired) electrons. The van der Waals surface area contributed by atoms with Crippen molar-refractivity contribution in [1.82, 2.24) is 5.32 Å². The SMILES string of the molecule is COc1cc(C(=O)N[C@@H](C)C(=O)OCc2ccccc2C#N)cc(OC)c1OC. The Morgan fingerprint density at radius 3 is 2.24 bits per heavy atom. The molecule has 0 spiro atoms. The van der Waals surface area contributed by atoms with Crippen molar-refractivity contribution in [2.24, 2.45) is 0 Å². The molecule has 0 bridgehead atoms. The number of rotatable bonds is 8. The van der Waals surface area contributed by atoms with Crippen LogP contribution in [-0.2, 0) is 16.1 Å². The number of hydrogen-bond donors (Lipinski definition) is 1. The van der Waals surface area contributed by atoms with Gasteiger partial charge in [0.05, 0.1) is 33.0 Å². The molecular weight excluding hydrogens is 376 g/mol. The Balaban J connectivity index is 2.06. The van der Waals surface area contributed by atoms with Crippen LogP contribution in [0.2, 0.25) is 0 Å². The van der Waals surface area contributed by atoms with Crippen LogP contribution < -0.4 is 19.5 Å². The fourth-order valence-electron chi connectivity index (χ4n) is 2.58. The van der Waals surface area contributed by atoms with E-state index in [0.29, 0.717) is 28.4 Å². The molecule has 1 amide bonds. The van der Waals surface area contributed by atoms with E-state index >= 15 is 0 Å². The second-order valence-electron chi connectivity index (χ2n) is 5.99. The second kappa shape index (κ2) is 9.99. The smallest absolute Gasteiger partial charge is 0.328 e. The first-order valence-corrected chi connectivity index (χ1v) is 8.70. The number of nitrogens with one attached hydrogen (secondary N) is 1. The molecule has 2 rings (SSSR count). The van der Waals surface area contributed by atoms with Crippen molar-refractivity contribution in [3.63, 3.8) is 0 Å². The maximum atomic E-state index is 12.6. The summed E-state index contributed by atoms with van der Waals surface area (Å²) in [5.41, 5.74) is 1.25. The minimum absolute atomic E-state index is 0.0625. The molecule has 152 valence electrons. The molecule has 8 heteroatoms. The van der Waals surface area contributed by atoms with Crippen molar-refractivity contribution in [3.05, 3.63) is 53.1 Å². The Hall–Kier alpha value is -3.73. The molecule has 29 heavy (non-hydrogen) atoms. The molecule has 2 aromatic rings. The Labute approximate surface area is 168 Å². The average Bonchev–Trinajstić information content (AvgIpc) is 2.76. The third kappa shape index (κ3) is 5.17. The number of nitriles is 1. The van der Waals surface area contributed by atoms with Crippen molar-refractivity contribution < 1.29 is 28.5 Å². The van der Waals surface area contributed by atoms with Gasteiger partial charge < -0.3 is 24.3 Å². The zero-order valence-corrected chi connectivity index (χ0v) is 16.6. The Morgan fingerprint density at radius 1 is 1.07 bits per heavy atom. The average molecular weight is 398 g/mol. The largest absolute Gasteiger partial charge is 0.493 e. The summed E-state index contributed by atoms with van der Waals surface area (Å²) < 4.78 is 20.9. The Morgan fingerprint density at radius 2 is 1.69 bits per heavy atom. The van der Waals surface area contributed by atoms with Crippen LogP contribution in [0.5, 0.6) is 17.2 Å². The fraction of sp³-hybridized carbons (Fsp3) is 0.286. The predicted octanol–water partition coefficient (Wildman–Crippen LogP) is 2.45. The van der Waals surface area contributed by atoms with Crippen LogP contribution in [0.15, 0.2) is 36.4 Å². The fourth-order valence-corrected chi connectivity index (χ4v) is 2.58. The van der Waals surface area contributed by atoms with E-state index in [1.54, 1.807) is 24.3 Å². The number of benzene rings is 2. The lowest BCUT2D eigenvalue weighted by atomic mass is 10.1. The summed E-state index contributed by atoms with van der Waals surface area (Å²) >= 11 is 0. The van der Waals surface area contributed by atoms with Crippen LogP contribution in [0.3, 0.4) is 0 Å². The molecule has 0 unspecified atom stereocenters. The first-order chi connectivity index (χ1) is 13.9. The summed E-state index contributed by atoms with van der Waals surface area (Å²) in [7, 11) is 4.35. The molecule has 0 aliphatic carbocycles. The van der Waals surface area contributed by atoms with Crippen LogP contribution >= 0.6 is 0 Å². The van der Waals surface area contributed by atoms with E-state index in [9.17, 15) is 9.59 Å². The van der Waals surface area contributed by atoms with Gasteiger partial charge in [-0.25, -0.2) is 4.79 Å². The van der Waals surface area contributed by atoms with Gasteiger partial charge in [0.25, 0.3) is 5.91 Å². The molecule has 0 heterocycles. The van der Waals surface area contributed by atoms with Gasteiger partial charge in [-0.2, -0.15) is 5.26 Å². The molecule has 0 saturated heterocycles. The molecule has 0 aromatic heterocycles. The van der Waals surface area contributed by atoms with Gasteiger partial charge in [-0.3, -0.25) is 4.79 Å². The molecule has 8 nitrogen and oxygen atoms in total. The van der Waals surface area contributed by atoms with Gasteiger partial charge in [-0.1, -0.05) is 18.2 Å². The third-order valence-electron chi connectivity index (χ3n) is 4.14. The number of nitrogens with zero attached hydrogens (tertiary/aromatic N) is 1. The number of esters is 1. The number of hydrogen-bond acceptors (Lipinski definition) is 7. The summed E-state index contributed by atoms with van der Waals surface area (Å²) in [6.07, 6.45) is 0. The minimum Gasteiger partial charge on any atom is -0.493 e. The topological polar surface area (TPSA) is 107 Å². The van der Waals surface area contributed by atoms with E-state index in [4.69, 9.17) is 24.2 Å². The molecule has 0 fully saturated rings. The van der Waals surface area contributed by atoms with Crippen LogP contribution in [0, 0.1) is 11.3 Å². The number of carbonyl (C=O) groups is 2. The monoisotopic (exact) mass is 398 g/mol. The summed E-state index contributed by atoms with van der Waals surface area (Å²) in [5.74, 6) is -0.138. The molecule has 0 saturated carbocycles. The molecule has 1 atom stereocenters. The lowest BCUT2D eigenvalue weighted by molar-refractivity contribution is -0.146. The summed E-state index contributed by atoms with van der Waals surface area (Å²) in [6.45, 7) is 1.45. The van der Waals surface area contributed by atoms with Crippen LogP contribution in [-0.4, -0.2) is 39.2 Å². The van der Waals surface area contributed by atoms with E-state index in [-0.39, 0.29) is 12.2 Å². The van der Waals surface area contributed by atoms with E-state index in [1.807, 2.05) is 6.07 Å². The Bertz CT molecular complexity index is 910. The lowest BCUT2D eigenvalue weighted by Crippen LogP contribution is -2.39. The normalized spacial score (nSPS) is 11.0. The lowest BCUT2D eigenvalue weighted by Gasteiger charge is -2.16. The summed E-state index contributed by atoms with van der Waals surface area (Å²) in [6, 6.07) is 10.9. The molecule has 0 aliphatic heterocycles. The highest BCUT2D eigenvalue weighted by Gasteiger charge is 2.21. The summed E-state index contributed by atoms with van der Waals surface area (Å²) in [4.78, 5) is 24.8. The van der Waals surface area contributed by atoms with E-state index in [2.05, 4.69) is 5.32 Å². The zero-order chi connectivity index (χ0) is 21.4. The first kappa shape index (κ1) is 21.6. The van der Waals surface area contributed by atoms with Gasteiger partial charge in [0, 0.05) is 11.1 Å². The third-order valence-corrected chi connectivity index (χ3v) is 4.14. The van der Waals surface area contributed by atoms with Gasteiger partial charge in [0.15, 0.2) is 11.5 Å². The number of methoxy groups -OCH3 is 3. The highest BCUT2D eigenvalue weighted by molar-refractivity contribution is 5.97. The maximum Gasteiger partial charge on any atom is 0.328 e. The molecule has 1 N–H and O–H groups in total. The van der Waals surface area contributed by atoms with E-state index < -0.39 is 17.9 Å². The van der Waals surface area contributed by atoms with Gasteiger partial charge in [-0.15, -0.1) is 0 Å². The predicted molar refractivity (Wildman–Crippen MR) is 104 cm³/mol. The molecule has 2 aromatic carbocycles. The highest BCUT2D eigenvalue weighted by Crippen LogP contribution is 2.38. The van der Waals surface area contributed by atoms with E-state index in [0.717, 1.165) is 0 Å². The summed E-state index contributed by atoms with van der Waals surface area (Å²) in [5, 5.41) is 11.7. The van der Waals surface area contributed by atoms with Crippen LogP contribution in [0.1, 0.15) is 28.4 Å². The van der Waals surface area contributed by atoms with Crippen molar-refractivity contribution in [3.8, 4) is 23.3 Å². The number of carbonyl (C=O) groups excluding carboxylic acids is 2. The van der Waals surface area contributed by atoms with Crippen molar-refractivity contribution >= 4 is 11.9 Å². The second-order valence-corrected chi connectivity index (χ2v) is 5.99. The number of amides is 1. The standard InChI is InChI=1S/C21H22N2O6/c1-13(21(25)29-12-15-8-6-5-7-14(15)11-22)23-20(24)16-9-17(26-2)19(28-4)18(10-16)27-3/h5-10,13H,12H2,1-4H3,(H,23,24)/t13-/m0/s1. The van der Waals surface area contributed by atoms with Crippen LogP contribution in [0.4, 0.5) is 0 Å². The van der Waals surface area contributed by atoms with Gasteiger partial charge in [-0.05, 0) is 25.1 Å². The van der Waals surface area contributed by atoms with Gasteiger partial charge in [0.2, 0.25) is 5.75 Å². The van der Waals surface area contributed by atoms with Crippen LogP contribution in [0.25, 0.3) is 0 Å². The van der Waals surface area contributed by atoms with E-state index in [1.165, 1.54) is 40.4 Å². The highest BCUT2D eigenvalue weighted by atomic mass is 16.5. The van der Waals surface area contributed by atoms with Gasteiger partial charge >= 0.3 is 5.97 Å². The minimum atomic E-state index is -0.907. The number of ether oxygens (including phenoxy) is 4. The first-order valence-electron chi connectivity index (χ1n) is 8.70. The quantitative estimate of drug-likeness (QED) is 0.681.